The first-order valence-corrected chi connectivity index (χ1v) is 7.51. The number of halogens is 4. The van der Waals surface area contributed by atoms with Crippen molar-refractivity contribution in [3.63, 3.8) is 0 Å². The highest BCUT2D eigenvalue weighted by molar-refractivity contribution is 9.10. The number of anilines is 1. The van der Waals surface area contributed by atoms with E-state index in [0.717, 1.165) is 10.5 Å². The molecule has 0 saturated carbocycles. The monoisotopic (exact) mass is 394 g/mol. The molecule has 0 aliphatic carbocycles. The summed E-state index contributed by atoms with van der Waals surface area (Å²) in [6.07, 6.45) is -4.66. The predicted molar refractivity (Wildman–Crippen MR) is 80.1 cm³/mol. The van der Waals surface area contributed by atoms with Gasteiger partial charge in [-0.25, -0.2) is 4.79 Å². The molecule has 1 fully saturated rings. The standard InChI is InChI=1S/C14H14BrF3N2O3/c1-7-3-2-4-10(11(7)15)19-13(23)20-5-8(12(21)22)9(6-20)14(16,17)18/h2-4,8-9H,5-6H2,1H3,(H,19,23)(H,21,22)/t8-,9-/m1/s1. The molecule has 2 N–H and O–H groups in total. The van der Waals surface area contributed by atoms with Crippen molar-refractivity contribution in [3.05, 3.63) is 28.2 Å². The highest BCUT2D eigenvalue weighted by Gasteiger charge is 2.53. The van der Waals surface area contributed by atoms with Gasteiger partial charge in [-0.1, -0.05) is 12.1 Å². The van der Waals surface area contributed by atoms with Gasteiger partial charge in [-0.3, -0.25) is 4.79 Å². The maximum Gasteiger partial charge on any atom is 0.394 e. The molecule has 126 valence electrons. The molecule has 1 heterocycles. The third kappa shape index (κ3) is 3.77. The van der Waals surface area contributed by atoms with Gasteiger partial charge >= 0.3 is 18.2 Å². The summed E-state index contributed by atoms with van der Waals surface area (Å²) in [5.74, 6) is -5.27. The number of aryl methyl sites for hydroxylation is 1. The maximum atomic E-state index is 12.9. The first-order chi connectivity index (χ1) is 10.6. The van der Waals surface area contributed by atoms with Crippen LogP contribution in [0.3, 0.4) is 0 Å². The van der Waals surface area contributed by atoms with Crippen molar-refractivity contribution in [3.8, 4) is 0 Å². The number of carboxylic acid groups (broad SMARTS) is 1. The second-order valence-corrected chi connectivity index (χ2v) is 6.16. The lowest BCUT2D eigenvalue weighted by Gasteiger charge is -2.19. The van der Waals surface area contributed by atoms with Gasteiger partial charge in [0, 0.05) is 17.6 Å². The summed E-state index contributed by atoms with van der Waals surface area (Å²) in [5, 5.41) is 11.5. The number of nitrogens with one attached hydrogen (secondary N) is 1. The summed E-state index contributed by atoms with van der Waals surface area (Å²) in [4.78, 5) is 24.1. The third-order valence-corrected chi connectivity index (χ3v) is 4.83. The first-order valence-electron chi connectivity index (χ1n) is 6.72. The van der Waals surface area contributed by atoms with Crippen LogP contribution < -0.4 is 5.32 Å². The SMILES string of the molecule is Cc1cccc(NC(=O)N2C[C@@H](C(F)(F)F)[C@H](C(=O)O)C2)c1Br. The topological polar surface area (TPSA) is 69.6 Å². The van der Waals surface area contributed by atoms with Crippen molar-refractivity contribution < 1.29 is 27.9 Å². The number of amides is 2. The Kier molecular flexibility index (Phi) is 4.88. The van der Waals surface area contributed by atoms with Crippen LogP contribution in [0.2, 0.25) is 0 Å². The second kappa shape index (κ2) is 6.38. The molecule has 23 heavy (non-hydrogen) atoms. The largest absolute Gasteiger partial charge is 0.481 e. The molecular weight excluding hydrogens is 381 g/mol. The van der Waals surface area contributed by atoms with Crippen LogP contribution in [0.25, 0.3) is 0 Å². The van der Waals surface area contributed by atoms with E-state index in [-0.39, 0.29) is 0 Å². The molecule has 1 aromatic carbocycles. The number of hydrogen-bond acceptors (Lipinski definition) is 2. The number of hydrogen-bond donors (Lipinski definition) is 2. The van der Waals surface area contributed by atoms with Gasteiger partial charge in [0.05, 0.1) is 17.5 Å². The number of benzene rings is 1. The second-order valence-electron chi connectivity index (χ2n) is 5.36. The number of carboxylic acids is 1. The van der Waals surface area contributed by atoms with Crippen molar-refractivity contribution >= 4 is 33.6 Å². The Hall–Kier alpha value is -1.77. The van der Waals surface area contributed by atoms with Crippen LogP contribution in [0, 0.1) is 18.8 Å². The molecule has 1 saturated heterocycles. The van der Waals surface area contributed by atoms with Gasteiger partial charge in [-0.05, 0) is 34.5 Å². The average molecular weight is 395 g/mol. The van der Waals surface area contributed by atoms with E-state index in [4.69, 9.17) is 5.11 Å². The highest BCUT2D eigenvalue weighted by atomic mass is 79.9. The van der Waals surface area contributed by atoms with Crippen molar-refractivity contribution in [2.45, 2.75) is 13.1 Å². The molecule has 9 heteroatoms. The molecule has 2 atom stereocenters. The van der Waals surface area contributed by atoms with Gasteiger partial charge < -0.3 is 15.3 Å². The molecule has 1 aliphatic heterocycles. The van der Waals surface area contributed by atoms with Crippen molar-refractivity contribution in [1.82, 2.24) is 4.90 Å². The summed E-state index contributed by atoms with van der Waals surface area (Å²) < 4.78 is 39.4. The van der Waals surface area contributed by atoms with E-state index in [9.17, 15) is 22.8 Å². The van der Waals surface area contributed by atoms with E-state index in [1.165, 1.54) is 0 Å². The van der Waals surface area contributed by atoms with Gasteiger partial charge in [-0.2, -0.15) is 13.2 Å². The Morgan fingerprint density at radius 1 is 1.35 bits per heavy atom. The van der Waals surface area contributed by atoms with Crippen LogP contribution in [0.15, 0.2) is 22.7 Å². The number of urea groups is 1. The molecular formula is C14H14BrF3N2O3. The molecule has 1 aliphatic rings. The zero-order valence-electron chi connectivity index (χ0n) is 12.0. The fourth-order valence-corrected chi connectivity index (χ4v) is 2.85. The molecule has 5 nitrogen and oxygen atoms in total. The van der Waals surface area contributed by atoms with Crippen molar-refractivity contribution in [2.75, 3.05) is 18.4 Å². The predicted octanol–water partition coefficient (Wildman–Crippen LogP) is 3.48. The maximum absolute atomic E-state index is 12.9. The summed E-state index contributed by atoms with van der Waals surface area (Å²) in [7, 11) is 0. The van der Waals surface area contributed by atoms with Crippen LogP contribution in [-0.2, 0) is 4.79 Å². The van der Waals surface area contributed by atoms with Crippen LogP contribution in [0.4, 0.5) is 23.7 Å². The zero-order chi connectivity index (χ0) is 17.4. The number of rotatable bonds is 2. The van der Waals surface area contributed by atoms with Gasteiger partial charge in [0.2, 0.25) is 0 Å². The molecule has 0 radical (unpaired) electrons. The fourth-order valence-electron chi connectivity index (χ4n) is 2.49. The Labute approximate surface area is 138 Å². The quantitative estimate of drug-likeness (QED) is 0.806. The molecule has 0 spiro atoms. The van der Waals surface area contributed by atoms with Gasteiger partial charge in [0.15, 0.2) is 0 Å². The Bertz CT molecular complexity index is 636. The molecule has 1 aromatic rings. The van der Waals surface area contributed by atoms with Crippen molar-refractivity contribution in [2.24, 2.45) is 11.8 Å². The smallest absolute Gasteiger partial charge is 0.394 e. The molecule has 2 amide bonds. The summed E-state index contributed by atoms with van der Waals surface area (Å²) >= 11 is 3.29. The van der Waals surface area contributed by atoms with Crippen LogP contribution >= 0.6 is 15.9 Å². The lowest BCUT2D eigenvalue weighted by atomic mass is 9.96. The Morgan fingerprint density at radius 3 is 2.52 bits per heavy atom. The molecule has 2 rings (SSSR count). The van der Waals surface area contributed by atoms with E-state index in [1.807, 2.05) is 0 Å². The third-order valence-electron chi connectivity index (χ3n) is 3.78. The first kappa shape index (κ1) is 17.6. The molecule has 0 aromatic heterocycles. The summed E-state index contributed by atoms with van der Waals surface area (Å²) in [6, 6.07) is 4.34. The van der Waals surface area contributed by atoms with Crippen LogP contribution in [-0.4, -0.2) is 41.3 Å². The lowest BCUT2D eigenvalue weighted by molar-refractivity contribution is -0.187. The van der Waals surface area contributed by atoms with E-state index >= 15 is 0 Å². The number of carbonyl (C=O) groups is 2. The van der Waals surface area contributed by atoms with Gasteiger partial charge in [0.1, 0.15) is 0 Å². The van der Waals surface area contributed by atoms with Crippen LogP contribution in [0.5, 0.6) is 0 Å². The number of carbonyl (C=O) groups excluding carboxylic acids is 1. The number of nitrogens with zero attached hydrogens (tertiary/aromatic N) is 1. The zero-order valence-corrected chi connectivity index (χ0v) is 13.6. The number of likely N-dealkylation sites (tertiary alicyclic amines) is 1. The number of alkyl halides is 3. The minimum atomic E-state index is -4.66. The minimum Gasteiger partial charge on any atom is -0.481 e. The van der Waals surface area contributed by atoms with E-state index in [2.05, 4.69) is 21.2 Å². The lowest BCUT2D eigenvalue weighted by Crippen LogP contribution is -2.35. The summed E-state index contributed by atoms with van der Waals surface area (Å²) in [5.41, 5.74) is 1.26. The number of aliphatic carboxylic acids is 1. The van der Waals surface area contributed by atoms with Gasteiger partial charge in [-0.15, -0.1) is 0 Å². The Balaban J connectivity index is 2.15. The van der Waals surface area contributed by atoms with E-state index in [1.54, 1.807) is 25.1 Å². The normalized spacial score (nSPS) is 21.3. The average Bonchev–Trinajstić information content (AvgIpc) is 2.89. The van der Waals surface area contributed by atoms with E-state index < -0.39 is 43.1 Å². The fraction of sp³-hybridized carbons (Fsp3) is 0.429. The van der Waals surface area contributed by atoms with E-state index in [0.29, 0.717) is 10.2 Å². The minimum absolute atomic E-state index is 0.414. The molecule has 0 unspecified atom stereocenters. The van der Waals surface area contributed by atoms with Crippen molar-refractivity contribution in [1.29, 1.82) is 0 Å². The summed E-state index contributed by atoms with van der Waals surface area (Å²) in [6.45, 7) is 0.653. The molecule has 0 bridgehead atoms. The van der Waals surface area contributed by atoms with Gasteiger partial charge in [0.25, 0.3) is 0 Å². The highest BCUT2D eigenvalue weighted by Crippen LogP contribution is 2.38. The van der Waals surface area contributed by atoms with Crippen LogP contribution in [0.1, 0.15) is 5.56 Å². The Morgan fingerprint density at radius 2 is 2.00 bits per heavy atom.